The third-order valence-electron chi connectivity index (χ3n) is 5.28. The zero-order chi connectivity index (χ0) is 17.9. The maximum absolute atomic E-state index is 12.7. The van der Waals surface area contributed by atoms with Gasteiger partial charge in [-0.1, -0.05) is 12.5 Å². The number of ether oxygens (including phenoxy) is 1. The van der Waals surface area contributed by atoms with Gasteiger partial charge >= 0.3 is 0 Å². The van der Waals surface area contributed by atoms with Crippen LogP contribution in [0.1, 0.15) is 32.1 Å². The molecule has 1 N–H and O–H groups in total. The Morgan fingerprint density at radius 2 is 1.96 bits per heavy atom. The maximum atomic E-state index is 12.7. The van der Waals surface area contributed by atoms with E-state index in [0.29, 0.717) is 35.9 Å². The molecular weight excluding hydrogens is 330 g/mol. The number of nitrogens with one attached hydrogen (secondary N) is 1. The van der Waals surface area contributed by atoms with E-state index < -0.39 is 0 Å². The van der Waals surface area contributed by atoms with Crippen LogP contribution in [-0.4, -0.2) is 21.7 Å². The minimum absolute atomic E-state index is 0.00828. The van der Waals surface area contributed by atoms with Gasteiger partial charge in [0.1, 0.15) is 11.5 Å². The van der Waals surface area contributed by atoms with Crippen LogP contribution in [-0.2, 0) is 9.59 Å². The molecule has 2 unspecified atom stereocenters. The molecule has 2 atom stereocenters. The number of ketones is 1. The summed E-state index contributed by atoms with van der Waals surface area (Å²) in [5.74, 6) is 1.40. The topological polar surface area (TPSA) is 81.2 Å². The molecule has 0 radical (unpaired) electrons. The lowest BCUT2D eigenvalue weighted by molar-refractivity contribution is -0.136. The van der Waals surface area contributed by atoms with Gasteiger partial charge in [0, 0.05) is 41.9 Å². The van der Waals surface area contributed by atoms with Gasteiger partial charge in [0.2, 0.25) is 11.8 Å². The van der Waals surface area contributed by atoms with Gasteiger partial charge in [-0.15, -0.1) is 0 Å². The first kappa shape index (κ1) is 16.7. The second kappa shape index (κ2) is 7.23. The molecule has 1 amide bonds. The summed E-state index contributed by atoms with van der Waals surface area (Å²) in [5.41, 5.74) is 0.679. The third kappa shape index (κ3) is 3.59. The van der Waals surface area contributed by atoms with Crippen molar-refractivity contribution < 1.29 is 14.3 Å². The van der Waals surface area contributed by atoms with Gasteiger partial charge in [-0.05, 0) is 37.8 Å². The van der Waals surface area contributed by atoms with E-state index in [-0.39, 0.29) is 23.7 Å². The smallest absolute Gasteiger partial charge is 0.237 e. The number of hydrogen-bond acceptors (Lipinski definition) is 5. The van der Waals surface area contributed by atoms with Gasteiger partial charge in [0.05, 0.1) is 6.20 Å². The van der Waals surface area contributed by atoms with Crippen LogP contribution in [0.25, 0.3) is 0 Å². The molecule has 1 aromatic heterocycles. The molecule has 2 aromatic rings. The Balaban J connectivity index is 1.42. The van der Waals surface area contributed by atoms with Crippen LogP contribution in [0.15, 0.2) is 42.9 Å². The van der Waals surface area contributed by atoms with E-state index >= 15 is 0 Å². The Labute approximate surface area is 152 Å². The lowest BCUT2D eigenvalue weighted by atomic mass is 9.67. The molecule has 2 bridgehead atoms. The molecule has 6 heteroatoms. The molecular formula is C20H21N3O3. The number of fused-ring (bicyclic) bond motifs is 2. The highest BCUT2D eigenvalue weighted by Crippen LogP contribution is 2.40. The molecule has 0 aliphatic heterocycles. The normalized spacial score (nSPS) is 24.8. The summed E-state index contributed by atoms with van der Waals surface area (Å²) in [6.07, 6.45) is 8.99. The number of aromatic nitrogens is 2. The van der Waals surface area contributed by atoms with E-state index in [0.717, 1.165) is 19.3 Å². The minimum Gasteiger partial charge on any atom is -0.437 e. The van der Waals surface area contributed by atoms with Gasteiger partial charge in [-0.25, -0.2) is 4.98 Å². The van der Waals surface area contributed by atoms with Gasteiger partial charge in [-0.2, -0.15) is 0 Å². The molecule has 1 heterocycles. The molecule has 1 aromatic carbocycles. The Morgan fingerprint density at radius 1 is 1.15 bits per heavy atom. The summed E-state index contributed by atoms with van der Waals surface area (Å²) in [4.78, 5) is 32.9. The molecule has 0 saturated heterocycles. The van der Waals surface area contributed by atoms with E-state index in [2.05, 4.69) is 15.3 Å². The predicted molar refractivity (Wildman–Crippen MR) is 95.7 cm³/mol. The number of hydrogen-bond donors (Lipinski definition) is 1. The molecule has 6 nitrogen and oxygen atoms in total. The van der Waals surface area contributed by atoms with Crippen molar-refractivity contribution in [3.8, 4) is 11.6 Å². The van der Waals surface area contributed by atoms with Crippen LogP contribution in [0.5, 0.6) is 11.6 Å². The monoisotopic (exact) mass is 351 g/mol. The minimum atomic E-state index is -0.0902. The number of carbonyl (C=O) groups is 2. The second-order valence-electron chi connectivity index (χ2n) is 7.06. The average molecular weight is 351 g/mol. The number of benzene rings is 1. The fourth-order valence-corrected chi connectivity index (χ4v) is 4.03. The van der Waals surface area contributed by atoms with Crippen molar-refractivity contribution in [2.75, 3.05) is 5.32 Å². The quantitative estimate of drug-likeness (QED) is 0.910. The molecule has 2 saturated carbocycles. The Kier molecular flexibility index (Phi) is 4.65. The first-order chi connectivity index (χ1) is 12.7. The highest BCUT2D eigenvalue weighted by atomic mass is 16.5. The molecule has 4 rings (SSSR count). The van der Waals surface area contributed by atoms with Crippen molar-refractivity contribution in [3.05, 3.63) is 42.9 Å². The summed E-state index contributed by atoms with van der Waals surface area (Å²) in [6.45, 7) is 0. The first-order valence-electron chi connectivity index (χ1n) is 9.07. The molecule has 2 fully saturated rings. The van der Waals surface area contributed by atoms with Crippen LogP contribution in [0.3, 0.4) is 0 Å². The number of nitrogens with zero attached hydrogens (tertiary/aromatic N) is 2. The SMILES string of the molecule is O=C(Nc1cccc(Oc2cnccn2)c1)C1CC2CCCC(C1)C2=O. The molecule has 2 aliphatic carbocycles. The van der Waals surface area contributed by atoms with Gasteiger partial charge in [0.25, 0.3) is 0 Å². The van der Waals surface area contributed by atoms with Crippen LogP contribution < -0.4 is 10.1 Å². The summed E-state index contributed by atoms with van der Waals surface area (Å²) in [7, 11) is 0. The van der Waals surface area contributed by atoms with Gasteiger partial charge in [0.15, 0.2) is 0 Å². The van der Waals surface area contributed by atoms with Crippen molar-refractivity contribution >= 4 is 17.4 Å². The van der Waals surface area contributed by atoms with Crippen LogP contribution in [0.4, 0.5) is 5.69 Å². The predicted octanol–water partition coefficient (Wildman–Crippen LogP) is 3.60. The zero-order valence-electron chi connectivity index (χ0n) is 14.4. The molecule has 26 heavy (non-hydrogen) atoms. The van der Waals surface area contributed by atoms with Crippen molar-refractivity contribution in [1.82, 2.24) is 9.97 Å². The Bertz CT molecular complexity index is 793. The summed E-state index contributed by atoms with van der Waals surface area (Å²) in [6, 6.07) is 7.21. The van der Waals surface area contributed by atoms with Crippen molar-refractivity contribution in [2.45, 2.75) is 32.1 Å². The number of carbonyl (C=O) groups excluding carboxylic acids is 2. The highest BCUT2D eigenvalue weighted by molar-refractivity contribution is 5.95. The summed E-state index contributed by atoms with van der Waals surface area (Å²) >= 11 is 0. The number of anilines is 1. The number of rotatable bonds is 4. The second-order valence-corrected chi connectivity index (χ2v) is 7.06. The summed E-state index contributed by atoms with van der Waals surface area (Å²) in [5, 5.41) is 2.98. The van der Waals surface area contributed by atoms with E-state index in [1.807, 2.05) is 12.1 Å². The largest absolute Gasteiger partial charge is 0.437 e. The van der Waals surface area contributed by atoms with E-state index in [1.54, 1.807) is 24.5 Å². The number of Topliss-reactive ketones (excluding diaryl/α,β-unsaturated/α-hetero) is 1. The first-order valence-corrected chi connectivity index (χ1v) is 9.07. The van der Waals surface area contributed by atoms with E-state index in [1.165, 1.54) is 6.20 Å². The Morgan fingerprint density at radius 3 is 2.69 bits per heavy atom. The van der Waals surface area contributed by atoms with Crippen LogP contribution >= 0.6 is 0 Å². The zero-order valence-corrected chi connectivity index (χ0v) is 14.4. The average Bonchev–Trinajstić information content (AvgIpc) is 2.62. The Hall–Kier alpha value is -2.76. The van der Waals surface area contributed by atoms with Gasteiger partial charge in [-0.3, -0.25) is 14.6 Å². The third-order valence-corrected chi connectivity index (χ3v) is 5.28. The molecule has 2 aliphatic rings. The lowest BCUT2D eigenvalue weighted by Crippen LogP contribution is -2.40. The molecule has 134 valence electrons. The molecule has 0 spiro atoms. The van der Waals surface area contributed by atoms with Gasteiger partial charge < -0.3 is 10.1 Å². The van der Waals surface area contributed by atoms with E-state index in [4.69, 9.17) is 4.74 Å². The van der Waals surface area contributed by atoms with E-state index in [9.17, 15) is 9.59 Å². The fourth-order valence-electron chi connectivity index (χ4n) is 4.03. The van der Waals surface area contributed by atoms with Crippen molar-refractivity contribution in [3.63, 3.8) is 0 Å². The lowest BCUT2D eigenvalue weighted by Gasteiger charge is -2.36. The highest BCUT2D eigenvalue weighted by Gasteiger charge is 2.41. The van der Waals surface area contributed by atoms with Crippen molar-refractivity contribution in [2.24, 2.45) is 17.8 Å². The summed E-state index contributed by atoms with van der Waals surface area (Å²) < 4.78 is 5.65. The van der Waals surface area contributed by atoms with Crippen LogP contribution in [0.2, 0.25) is 0 Å². The van der Waals surface area contributed by atoms with Crippen LogP contribution in [0, 0.1) is 17.8 Å². The maximum Gasteiger partial charge on any atom is 0.237 e. The number of amides is 1. The standard InChI is InChI=1S/C20H21N3O3/c24-19-13-3-1-4-14(19)10-15(9-13)20(25)23-16-5-2-6-17(11-16)26-18-12-21-7-8-22-18/h2,5-8,11-15H,1,3-4,9-10H2,(H,23,25). The fraction of sp³-hybridized carbons (Fsp3) is 0.400. The van der Waals surface area contributed by atoms with Crippen molar-refractivity contribution in [1.29, 1.82) is 0 Å².